The third-order valence-corrected chi connectivity index (χ3v) is 3.32. The Hall–Kier alpha value is -1.48. The standard InChI is InChI=1S/C17H25NO2/c1-13(2)12-18-8-4-5-14(3)15-6-7-16-17(11-15)20-10-9-19-16/h5-7,11,13,18H,4,8-10,12H2,1-3H3. The minimum absolute atomic E-state index is 0.637. The van der Waals surface area contributed by atoms with Crippen LogP contribution in [0.4, 0.5) is 0 Å². The second-order valence-electron chi connectivity index (χ2n) is 5.63. The SMILES string of the molecule is CC(=CCCNCC(C)C)c1ccc2c(c1)OCCO2. The minimum atomic E-state index is 0.637. The summed E-state index contributed by atoms with van der Waals surface area (Å²) in [7, 11) is 0. The maximum Gasteiger partial charge on any atom is 0.161 e. The molecular formula is C17H25NO2. The molecule has 0 radical (unpaired) electrons. The van der Waals surface area contributed by atoms with Gasteiger partial charge in [-0.3, -0.25) is 0 Å². The van der Waals surface area contributed by atoms with Gasteiger partial charge < -0.3 is 14.8 Å². The van der Waals surface area contributed by atoms with Crippen LogP contribution in [-0.2, 0) is 0 Å². The van der Waals surface area contributed by atoms with E-state index >= 15 is 0 Å². The van der Waals surface area contributed by atoms with E-state index in [4.69, 9.17) is 9.47 Å². The molecule has 0 fully saturated rings. The highest BCUT2D eigenvalue weighted by Gasteiger charge is 2.11. The van der Waals surface area contributed by atoms with Gasteiger partial charge in [-0.2, -0.15) is 0 Å². The normalized spacial score (nSPS) is 14.7. The molecule has 0 spiro atoms. The van der Waals surface area contributed by atoms with Crippen LogP contribution in [0.5, 0.6) is 11.5 Å². The van der Waals surface area contributed by atoms with Crippen molar-refractivity contribution in [3.05, 3.63) is 29.8 Å². The first kappa shape index (κ1) is 14.9. The van der Waals surface area contributed by atoms with E-state index < -0.39 is 0 Å². The lowest BCUT2D eigenvalue weighted by Crippen LogP contribution is -2.20. The van der Waals surface area contributed by atoms with Crippen molar-refractivity contribution in [2.75, 3.05) is 26.3 Å². The Balaban J connectivity index is 1.89. The summed E-state index contributed by atoms with van der Waals surface area (Å²) < 4.78 is 11.2. The number of hydrogen-bond acceptors (Lipinski definition) is 3. The van der Waals surface area contributed by atoms with Gasteiger partial charge >= 0.3 is 0 Å². The van der Waals surface area contributed by atoms with Crippen LogP contribution >= 0.6 is 0 Å². The number of hydrogen-bond donors (Lipinski definition) is 1. The predicted octanol–water partition coefficient (Wildman–Crippen LogP) is 3.50. The van der Waals surface area contributed by atoms with E-state index in [2.05, 4.69) is 44.3 Å². The van der Waals surface area contributed by atoms with Gasteiger partial charge in [-0.05, 0) is 55.6 Å². The first-order chi connectivity index (χ1) is 9.66. The van der Waals surface area contributed by atoms with E-state index in [1.165, 1.54) is 11.1 Å². The van der Waals surface area contributed by atoms with E-state index in [9.17, 15) is 0 Å². The van der Waals surface area contributed by atoms with E-state index in [0.29, 0.717) is 19.1 Å². The average molecular weight is 275 g/mol. The van der Waals surface area contributed by atoms with Gasteiger partial charge in [-0.15, -0.1) is 0 Å². The van der Waals surface area contributed by atoms with Gasteiger partial charge in [0.05, 0.1) is 0 Å². The fraction of sp³-hybridized carbons (Fsp3) is 0.529. The van der Waals surface area contributed by atoms with Gasteiger partial charge in [0.25, 0.3) is 0 Å². The third kappa shape index (κ3) is 4.27. The largest absolute Gasteiger partial charge is 0.486 e. The van der Waals surface area contributed by atoms with Gasteiger partial charge in [-0.25, -0.2) is 0 Å². The molecule has 0 amide bonds. The monoisotopic (exact) mass is 275 g/mol. The number of fused-ring (bicyclic) bond motifs is 1. The summed E-state index contributed by atoms with van der Waals surface area (Å²) in [5.41, 5.74) is 2.49. The lowest BCUT2D eigenvalue weighted by molar-refractivity contribution is 0.171. The molecule has 0 saturated carbocycles. The Kier molecular flexibility index (Phi) is 5.48. The molecule has 0 bridgehead atoms. The third-order valence-electron chi connectivity index (χ3n) is 3.32. The average Bonchev–Trinajstić information content (AvgIpc) is 2.46. The molecule has 3 nitrogen and oxygen atoms in total. The van der Waals surface area contributed by atoms with Crippen LogP contribution in [0.1, 0.15) is 32.8 Å². The zero-order valence-corrected chi connectivity index (χ0v) is 12.7. The van der Waals surface area contributed by atoms with Crippen LogP contribution in [0.15, 0.2) is 24.3 Å². The smallest absolute Gasteiger partial charge is 0.161 e. The first-order valence-electron chi connectivity index (χ1n) is 7.44. The van der Waals surface area contributed by atoms with Gasteiger partial charge in [0.2, 0.25) is 0 Å². The number of nitrogens with one attached hydrogen (secondary N) is 1. The fourth-order valence-corrected chi connectivity index (χ4v) is 2.19. The topological polar surface area (TPSA) is 30.5 Å². The molecule has 0 unspecified atom stereocenters. The molecule has 1 aliphatic heterocycles. The first-order valence-corrected chi connectivity index (χ1v) is 7.44. The maximum atomic E-state index is 5.62. The van der Waals surface area contributed by atoms with Crippen LogP contribution in [0.3, 0.4) is 0 Å². The van der Waals surface area contributed by atoms with Crippen molar-refractivity contribution in [3.8, 4) is 11.5 Å². The van der Waals surface area contributed by atoms with E-state index in [0.717, 1.165) is 31.0 Å². The van der Waals surface area contributed by atoms with E-state index in [-0.39, 0.29) is 0 Å². The quantitative estimate of drug-likeness (QED) is 0.806. The highest BCUT2D eigenvalue weighted by Crippen LogP contribution is 2.32. The van der Waals surface area contributed by atoms with Crippen molar-refractivity contribution in [2.24, 2.45) is 5.92 Å². The molecule has 1 aliphatic rings. The molecule has 0 aromatic heterocycles. The van der Waals surface area contributed by atoms with Crippen LogP contribution in [-0.4, -0.2) is 26.3 Å². The molecule has 2 rings (SSSR count). The van der Waals surface area contributed by atoms with Crippen molar-refractivity contribution < 1.29 is 9.47 Å². The highest BCUT2D eigenvalue weighted by molar-refractivity contribution is 5.66. The number of benzene rings is 1. The zero-order valence-electron chi connectivity index (χ0n) is 12.7. The molecule has 20 heavy (non-hydrogen) atoms. The van der Waals surface area contributed by atoms with Gasteiger partial charge in [0.1, 0.15) is 13.2 Å². The van der Waals surface area contributed by atoms with Crippen LogP contribution in [0.2, 0.25) is 0 Å². The molecule has 0 saturated heterocycles. The number of rotatable bonds is 6. The molecule has 1 aromatic carbocycles. The second kappa shape index (κ2) is 7.34. The number of ether oxygens (including phenoxy) is 2. The Morgan fingerprint density at radius 1 is 1.25 bits per heavy atom. The Morgan fingerprint density at radius 3 is 2.75 bits per heavy atom. The molecule has 0 aliphatic carbocycles. The highest BCUT2D eigenvalue weighted by atomic mass is 16.6. The Morgan fingerprint density at radius 2 is 2.00 bits per heavy atom. The Bertz CT molecular complexity index is 466. The summed E-state index contributed by atoms with van der Waals surface area (Å²) in [5, 5.41) is 3.45. The summed E-state index contributed by atoms with van der Waals surface area (Å²) in [6.45, 7) is 9.98. The minimum Gasteiger partial charge on any atom is -0.486 e. The fourth-order valence-electron chi connectivity index (χ4n) is 2.19. The van der Waals surface area contributed by atoms with Crippen LogP contribution in [0, 0.1) is 5.92 Å². The second-order valence-corrected chi connectivity index (χ2v) is 5.63. The van der Waals surface area contributed by atoms with Crippen molar-refractivity contribution in [3.63, 3.8) is 0 Å². The molecule has 1 N–H and O–H groups in total. The summed E-state index contributed by atoms with van der Waals surface area (Å²) in [4.78, 5) is 0. The molecule has 3 heteroatoms. The number of allylic oxidation sites excluding steroid dienone is 1. The summed E-state index contributed by atoms with van der Waals surface area (Å²) in [6.07, 6.45) is 3.33. The summed E-state index contributed by atoms with van der Waals surface area (Å²) in [5.74, 6) is 2.42. The van der Waals surface area contributed by atoms with Gasteiger partial charge in [0.15, 0.2) is 11.5 Å². The van der Waals surface area contributed by atoms with Crippen molar-refractivity contribution in [1.82, 2.24) is 5.32 Å². The maximum absolute atomic E-state index is 5.62. The summed E-state index contributed by atoms with van der Waals surface area (Å²) >= 11 is 0. The van der Waals surface area contributed by atoms with Crippen molar-refractivity contribution in [2.45, 2.75) is 27.2 Å². The zero-order chi connectivity index (χ0) is 14.4. The Labute approximate surface area is 122 Å². The van der Waals surface area contributed by atoms with E-state index in [1.807, 2.05) is 6.07 Å². The predicted molar refractivity (Wildman–Crippen MR) is 83.4 cm³/mol. The van der Waals surface area contributed by atoms with Gasteiger partial charge in [-0.1, -0.05) is 26.0 Å². The lowest BCUT2D eigenvalue weighted by atomic mass is 10.1. The lowest BCUT2D eigenvalue weighted by Gasteiger charge is -2.19. The molecule has 0 atom stereocenters. The molecule has 1 heterocycles. The molecule has 110 valence electrons. The van der Waals surface area contributed by atoms with Gasteiger partial charge in [0, 0.05) is 0 Å². The summed E-state index contributed by atoms with van der Waals surface area (Å²) in [6, 6.07) is 6.17. The molecular weight excluding hydrogens is 250 g/mol. The molecule has 1 aromatic rings. The van der Waals surface area contributed by atoms with Crippen molar-refractivity contribution in [1.29, 1.82) is 0 Å². The van der Waals surface area contributed by atoms with E-state index in [1.54, 1.807) is 0 Å². The van der Waals surface area contributed by atoms with Crippen molar-refractivity contribution >= 4 is 5.57 Å². The van der Waals surface area contributed by atoms with Crippen LogP contribution < -0.4 is 14.8 Å². The van der Waals surface area contributed by atoms with Crippen LogP contribution in [0.25, 0.3) is 5.57 Å².